The Balaban J connectivity index is 2.08. The van der Waals surface area contributed by atoms with E-state index in [0.717, 1.165) is 15.0 Å². The Morgan fingerprint density at radius 3 is 2.61 bits per heavy atom. The lowest BCUT2D eigenvalue weighted by molar-refractivity contribution is 0.0473. The van der Waals surface area contributed by atoms with Crippen molar-refractivity contribution in [2.75, 3.05) is 6.61 Å². The van der Waals surface area contributed by atoms with Gasteiger partial charge < -0.3 is 9.30 Å². The molecule has 0 aliphatic heterocycles. The molecule has 2 rings (SSSR count). The van der Waals surface area contributed by atoms with Crippen LogP contribution in [0.4, 0.5) is 0 Å². The van der Waals surface area contributed by atoms with Crippen LogP contribution in [0.5, 0.6) is 0 Å². The summed E-state index contributed by atoms with van der Waals surface area (Å²) in [6.45, 7) is 7.92. The Kier molecular flexibility index (Phi) is 5.76. The van der Waals surface area contributed by atoms with Crippen molar-refractivity contribution in [1.82, 2.24) is 4.57 Å². The molecule has 0 bridgehead atoms. The minimum atomic E-state index is -0.483. The zero-order chi connectivity index (χ0) is 17.0. The first-order chi connectivity index (χ1) is 11.0. The molecule has 0 radical (unpaired) electrons. The maximum Gasteiger partial charge on any atom is 0.339 e. The lowest BCUT2D eigenvalue weighted by atomic mass is 10.1. The van der Waals surface area contributed by atoms with E-state index in [9.17, 15) is 9.59 Å². The van der Waals surface area contributed by atoms with Gasteiger partial charge in [0.05, 0.1) is 5.56 Å². The van der Waals surface area contributed by atoms with Crippen LogP contribution in [-0.2, 0) is 11.3 Å². The second kappa shape index (κ2) is 7.59. The van der Waals surface area contributed by atoms with Crippen LogP contribution < -0.4 is 0 Å². The highest BCUT2D eigenvalue weighted by molar-refractivity contribution is 14.1. The van der Waals surface area contributed by atoms with Gasteiger partial charge in [0.2, 0.25) is 5.78 Å². The molecule has 0 atom stereocenters. The van der Waals surface area contributed by atoms with Gasteiger partial charge in [-0.2, -0.15) is 0 Å². The molecule has 1 aromatic carbocycles. The molecule has 0 aliphatic carbocycles. The first-order valence-electron chi connectivity index (χ1n) is 7.18. The number of aromatic nitrogens is 1. The molecule has 0 saturated heterocycles. The summed E-state index contributed by atoms with van der Waals surface area (Å²) < 4.78 is 7.97. The summed E-state index contributed by atoms with van der Waals surface area (Å²) in [6.07, 6.45) is 1.78. The number of ketones is 1. The molecule has 0 saturated carbocycles. The summed E-state index contributed by atoms with van der Waals surface area (Å²) in [5, 5.41) is 0. The molecule has 0 unspecified atom stereocenters. The van der Waals surface area contributed by atoms with Gasteiger partial charge in [0.1, 0.15) is 0 Å². The summed E-state index contributed by atoms with van der Waals surface area (Å²) in [7, 11) is 0. The molecule has 120 valence electrons. The summed E-state index contributed by atoms with van der Waals surface area (Å²) in [5.41, 5.74) is 2.89. The molecule has 0 amide bonds. The van der Waals surface area contributed by atoms with Crippen molar-refractivity contribution >= 4 is 34.3 Å². The van der Waals surface area contributed by atoms with E-state index in [1.807, 2.05) is 36.6 Å². The molecule has 23 heavy (non-hydrogen) atoms. The number of Topliss-reactive ketones (excluding diaryl/α,β-unsaturated/α-hetero) is 1. The third kappa shape index (κ3) is 3.90. The van der Waals surface area contributed by atoms with Crippen molar-refractivity contribution in [2.45, 2.75) is 20.4 Å². The fraction of sp³-hybridized carbons (Fsp3) is 0.222. The van der Waals surface area contributed by atoms with Gasteiger partial charge >= 0.3 is 5.97 Å². The van der Waals surface area contributed by atoms with Crippen molar-refractivity contribution in [1.29, 1.82) is 0 Å². The Bertz CT molecular complexity index is 762. The van der Waals surface area contributed by atoms with Gasteiger partial charge in [0.15, 0.2) is 6.61 Å². The standard InChI is InChI=1S/C18H18INO3/c1-4-9-20-12(2)10-15(13(20)3)17(21)11-23-18(22)14-7-5-6-8-16(14)19/h4-8,10H,1,9,11H2,2-3H3. The summed E-state index contributed by atoms with van der Waals surface area (Å²) in [6, 6.07) is 8.94. The first kappa shape index (κ1) is 17.5. The summed E-state index contributed by atoms with van der Waals surface area (Å²) in [5.74, 6) is -0.684. The molecule has 0 aliphatic rings. The number of rotatable bonds is 6. The van der Waals surface area contributed by atoms with Crippen LogP contribution in [0, 0.1) is 17.4 Å². The molecular formula is C18H18INO3. The average molecular weight is 423 g/mol. The monoisotopic (exact) mass is 423 g/mol. The number of esters is 1. The zero-order valence-corrected chi connectivity index (χ0v) is 15.3. The zero-order valence-electron chi connectivity index (χ0n) is 13.1. The van der Waals surface area contributed by atoms with E-state index in [2.05, 4.69) is 29.2 Å². The molecule has 1 heterocycles. The minimum absolute atomic E-state index is 0.201. The molecule has 0 spiro atoms. The van der Waals surface area contributed by atoms with Crippen LogP contribution in [-0.4, -0.2) is 22.9 Å². The third-order valence-corrected chi connectivity index (χ3v) is 4.55. The Hall–Kier alpha value is -1.89. The number of allylic oxidation sites excluding steroid dienone is 1. The minimum Gasteiger partial charge on any atom is -0.454 e. The van der Waals surface area contributed by atoms with E-state index in [4.69, 9.17) is 4.74 Å². The van der Waals surface area contributed by atoms with E-state index in [1.165, 1.54) is 0 Å². The van der Waals surface area contributed by atoms with Gasteiger partial charge in [-0.15, -0.1) is 6.58 Å². The average Bonchev–Trinajstić information content (AvgIpc) is 2.81. The number of ether oxygens (including phenoxy) is 1. The van der Waals surface area contributed by atoms with E-state index in [0.29, 0.717) is 17.7 Å². The molecular weight excluding hydrogens is 405 g/mol. The Labute approximate surface area is 149 Å². The lowest BCUT2D eigenvalue weighted by Gasteiger charge is -2.07. The van der Waals surface area contributed by atoms with Crippen molar-refractivity contribution in [3.63, 3.8) is 0 Å². The van der Waals surface area contributed by atoms with Crippen LogP contribution in [0.2, 0.25) is 0 Å². The number of hydrogen-bond donors (Lipinski definition) is 0. The van der Waals surface area contributed by atoms with Gasteiger partial charge in [0, 0.05) is 27.1 Å². The number of carbonyl (C=O) groups is 2. The number of hydrogen-bond acceptors (Lipinski definition) is 3. The normalized spacial score (nSPS) is 10.4. The van der Waals surface area contributed by atoms with E-state index in [-0.39, 0.29) is 12.4 Å². The Morgan fingerprint density at radius 2 is 1.96 bits per heavy atom. The smallest absolute Gasteiger partial charge is 0.339 e. The van der Waals surface area contributed by atoms with Crippen LogP contribution >= 0.6 is 22.6 Å². The molecule has 0 N–H and O–H groups in total. The van der Waals surface area contributed by atoms with Crippen molar-refractivity contribution in [3.05, 3.63) is 69.1 Å². The number of nitrogens with zero attached hydrogens (tertiary/aromatic N) is 1. The topological polar surface area (TPSA) is 48.3 Å². The third-order valence-electron chi connectivity index (χ3n) is 3.61. The quantitative estimate of drug-likeness (QED) is 0.306. The fourth-order valence-electron chi connectivity index (χ4n) is 2.41. The Morgan fingerprint density at radius 1 is 1.26 bits per heavy atom. The summed E-state index contributed by atoms with van der Waals surface area (Å²) in [4.78, 5) is 24.4. The number of carbonyl (C=O) groups excluding carboxylic acids is 2. The maximum absolute atomic E-state index is 12.3. The highest BCUT2D eigenvalue weighted by Crippen LogP contribution is 2.17. The van der Waals surface area contributed by atoms with Gasteiger partial charge in [-0.1, -0.05) is 18.2 Å². The number of halogens is 1. The maximum atomic E-state index is 12.3. The van der Waals surface area contributed by atoms with Crippen molar-refractivity contribution < 1.29 is 14.3 Å². The predicted molar refractivity (Wildman–Crippen MR) is 97.9 cm³/mol. The molecule has 0 fully saturated rings. The fourth-order valence-corrected chi connectivity index (χ4v) is 3.01. The van der Waals surface area contributed by atoms with Crippen LogP contribution in [0.1, 0.15) is 32.1 Å². The number of aryl methyl sites for hydroxylation is 1. The second-order valence-electron chi connectivity index (χ2n) is 5.16. The molecule has 4 nitrogen and oxygen atoms in total. The first-order valence-corrected chi connectivity index (χ1v) is 8.26. The van der Waals surface area contributed by atoms with Gasteiger partial charge in [0.25, 0.3) is 0 Å². The van der Waals surface area contributed by atoms with Crippen LogP contribution in [0.3, 0.4) is 0 Å². The van der Waals surface area contributed by atoms with E-state index in [1.54, 1.807) is 18.2 Å². The van der Waals surface area contributed by atoms with E-state index >= 15 is 0 Å². The van der Waals surface area contributed by atoms with Gasteiger partial charge in [-0.25, -0.2) is 4.79 Å². The summed E-state index contributed by atoms with van der Waals surface area (Å²) >= 11 is 2.07. The number of benzene rings is 1. The predicted octanol–water partition coefficient (Wildman–Crippen LogP) is 3.94. The SMILES string of the molecule is C=CCn1c(C)cc(C(=O)COC(=O)c2ccccc2I)c1C. The van der Waals surface area contributed by atoms with Gasteiger partial charge in [-0.05, 0) is 54.6 Å². The van der Waals surface area contributed by atoms with Crippen LogP contribution in [0.25, 0.3) is 0 Å². The van der Waals surface area contributed by atoms with Gasteiger partial charge in [-0.3, -0.25) is 4.79 Å². The highest BCUT2D eigenvalue weighted by atomic mass is 127. The van der Waals surface area contributed by atoms with Crippen LogP contribution in [0.15, 0.2) is 43.0 Å². The molecule has 5 heteroatoms. The highest BCUT2D eigenvalue weighted by Gasteiger charge is 2.18. The van der Waals surface area contributed by atoms with E-state index < -0.39 is 5.97 Å². The van der Waals surface area contributed by atoms with Crippen molar-refractivity contribution in [2.24, 2.45) is 0 Å². The second-order valence-corrected chi connectivity index (χ2v) is 6.33. The van der Waals surface area contributed by atoms with Crippen molar-refractivity contribution in [3.8, 4) is 0 Å². The largest absolute Gasteiger partial charge is 0.454 e. The molecule has 1 aromatic heterocycles. The lowest BCUT2D eigenvalue weighted by Crippen LogP contribution is -2.15. The molecule has 2 aromatic rings.